The van der Waals surface area contributed by atoms with E-state index in [-0.39, 0.29) is 4.47 Å². The fourth-order valence-electron chi connectivity index (χ4n) is 1.71. The van der Waals surface area contributed by atoms with Crippen LogP contribution in [-0.2, 0) is 4.74 Å². The van der Waals surface area contributed by atoms with Gasteiger partial charge in [0.1, 0.15) is 12.2 Å². The van der Waals surface area contributed by atoms with Gasteiger partial charge in [0.15, 0.2) is 6.23 Å². The van der Waals surface area contributed by atoms with Gasteiger partial charge >= 0.3 is 5.69 Å². The summed E-state index contributed by atoms with van der Waals surface area (Å²) < 4.78 is 6.44. The number of hydrogen-bond donors (Lipinski definition) is 3. The average molecular weight is 307 g/mol. The van der Waals surface area contributed by atoms with E-state index >= 15 is 0 Å². The molecule has 1 aromatic heterocycles. The lowest BCUT2D eigenvalue weighted by atomic mass is 10.1. The van der Waals surface area contributed by atoms with Gasteiger partial charge in [0.05, 0.1) is 10.6 Å². The van der Waals surface area contributed by atoms with Gasteiger partial charge in [-0.05, 0) is 22.9 Å². The Bertz CT molecular complexity index is 539. The van der Waals surface area contributed by atoms with Crippen molar-refractivity contribution < 1.29 is 14.9 Å². The average Bonchev–Trinajstić information content (AvgIpc) is 2.51. The van der Waals surface area contributed by atoms with Crippen LogP contribution in [0.2, 0.25) is 0 Å². The lowest BCUT2D eigenvalue weighted by Crippen LogP contribution is -2.37. The highest BCUT2D eigenvalue weighted by Gasteiger charge is 2.41. The fourth-order valence-corrected chi connectivity index (χ4v) is 2.03. The molecule has 0 spiro atoms. The molecule has 1 saturated heterocycles. The molecule has 0 unspecified atom stereocenters. The Morgan fingerprint density at radius 3 is 2.59 bits per heavy atom. The summed E-state index contributed by atoms with van der Waals surface area (Å²) in [5, 5.41) is 19.3. The molecule has 8 heteroatoms. The minimum atomic E-state index is -1.22. The zero-order valence-electron chi connectivity index (χ0n) is 8.83. The van der Waals surface area contributed by atoms with Crippen molar-refractivity contribution in [3.8, 4) is 0 Å². The minimum absolute atomic E-state index is 0.141. The van der Waals surface area contributed by atoms with Crippen LogP contribution in [-0.4, -0.2) is 38.1 Å². The first-order valence-corrected chi connectivity index (χ1v) is 5.73. The Labute approximate surface area is 104 Å². The van der Waals surface area contributed by atoms with Crippen molar-refractivity contribution in [1.29, 1.82) is 0 Å². The standard InChI is InChI=1S/C9H11BrN2O5/c1-3-5(13)6(14)8(17-3)12-2-4(10)7(15)11-9(12)16/h2-3,5-6,8,13-14H,1H3,(H,11,15,16)/t3-,5-,6-,8-/m1/s1. The minimum Gasteiger partial charge on any atom is -0.388 e. The van der Waals surface area contributed by atoms with E-state index in [1.165, 1.54) is 6.20 Å². The van der Waals surface area contributed by atoms with Crippen molar-refractivity contribution in [2.24, 2.45) is 0 Å². The summed E-state index contributed by atoms with van der Waals surface area (Å²) >= 11 is 2.97. The molecule has 94 valence electrons. The zero-order chi connectivity index (χ0) is 12.7. The van der Waals surface area contributed by atoms with E-state index in [1.807, 2.05) is 0 Å². The molecule has 0 saturated carbocycles. The predicted octanol–water partition coefficient (Wildman–Crippen LogP) is -1.06. The highest BCUT2D eigenvalue weighted by molar-refractivity contribution is 9.10. The van der Waals surface area contributed by atoms with Crippen molar-refractivity contribution in [2.75, 3.05) is 0 Å². The first kappa shape index (κ1) is 12.5. The maximum atomic E-state index is 11.6. The van der Waals surface area contributed by atoms with Crippen molar-refractivity contribution in [2.45, 2.75) is 31.5 Å². The zero-order valence-corrected chi connectivity index (χ0v) is 10.4. The highest BCUT2D eigenvalue weighted by Crippen LogP contribution is 2.27. The van der Waals surface area contributed by atoms with Gasteiger partial charge in [-0.15, -0.1) is 0 Å². The predicted molar refractivity (Wildman–Crippen MR) is 60.6 cm³/mol. The Morgan fingerprint density at radius 2 is 2.06 bits per heavy atom. The molecule has 17 heavy (non-hydrogen) atoms. The molecule has 1 aliphatic heterocycles. The molecular formula is C9H11BrN2O5. The monoisotopic (exact) mass is 306 g/mol. The van der Waals surface area contributed by atoms with Crippen LogP contribution >= 0.6 is 15.9 Å². The second kappa shape index (κ2) is 4.37. The van der Waals surface area contributed by atoms with Gasteiger partial charge in [0.25, 0.3) is 5.56 Å². The Kier molecular flexibility index (Phi) is 3.21. The molecule has 2 rings (SSSR count). The summed E-state index contributed by atoms with van der Waals surface area (Å²) in [6.45, 7) is 1.58. The second-order valence-corrected chi connectivity index (χ2v) is 4.71. The summed E-state index contributed by atoms with van der Waals surface area (Å²) in [5.74, 6) is 0. The van der Waals surface area contributed by atoms with Crippen LogP contribution in [0.25, 0.3) is 0 Å². The Hall–Kier alpha value is -0.960. The summed E-state index contributed by atoms with van der Waals surface area (Å²) in [6, 6.07) is 0. The Balaban J connectivity index is 2.46. The highest BCUT2D eigenvalue weighted by atomic mass is 79.9. The fraction of sp³-hybridized carbons (Fsp3) is 0.556. The number of halogens is 1. The number of rotatable bonds is 1. The molecule has 3 N–H and O–H groups in total. The summed E-state index contributed by atoms with van der Waals surface area (Å²) in [6.07, 6.45) is -2.67. The van der Waals surface area contributed by atoms with E-state index in [0.717, 1.165) is 4.57 Å². The number of aromatic nitrogens is 2. The molecule has 1 fully saturated rings. The van der Waals surface area contributed by atoms with E-state index in [2.05, 4.69) is 20.9 Å². The normalized spacial score (nSPS) is 32.9. The topological polar surface area (TPSA) is 105 Å². The van der Waals surface area contributed by atoms with Crippen LogP contribution in [0.15, 0.2) is 20.3 Å². The van der Waals surface area contributed by atoms with Gasteiger partial charge in [-0.2, -0.15) is 0 Å². The summed E-state index contributed by atoms with van der Waals surface area (Å²) in [4.78, 5) is 24.8. The van der Waals surface area contributed by atoms with E-state index < -0.39 is 35.8 Å². The van der Waals surface area contributed by atoms with E-state index in [1.54, 1.807) is 6.92 Å². The molecular weight excluding hydrogens is 296 g/mol. The van der Waals surface area contributed by atoms with Crippen LogP contribution in [0.5, 0.6) is 0 Å². The third-order valence-electron chi connectivity index (χ3n) is 2.68. The van der Waals surface area contributed by atoms with Crippen molar-refractivity contribution in [3.05, 3.63) is 31.5 Å². The van der Waals surface area contributed by atoms with E-state index in [0.29, 0.717) is 0 Å². The largest absolute Gasteiger partial charge is 0.388 e. The van der Waals surface area contributed by atoms with Crippen LogP contribution < -0.4 is 11.2 Å². The molecule has 4 atom stereocenters. The number of aliphatic hydroxyl groups excluding tert-OH is 2. The van der Waals surface area contributed by atoms with Gasteiger partial charge in [-0.25, -0.2) is 4.79 Å². The smallest absolute Gasteiger partial charge is 0.330 e. The number of hydrogen-bond acceptors (Lipinski definition) is 5. The van der Waals surface area contributed by atoms with Crippen LogP contribution in [0.3, 0.4) is 0 Å². The molecule has 1 aromatic rings. The van der Waals surface area contributed by atoms with Crippen molar-refractivity contribution in [1.82, 2.24) is 9.55 Å². The quantitative estimate of drug-likeness (QED) is 0.613. The molecule has 0 aliphatic carbocycles. The maximum Gasteiger partial charge on any atom is 0.330 e. The van der Waals surface area contributed by atoms with Crippen LogP contribution in [0.4, 0.5) is 0 Å². The molecule has 0 radical (unpaired) electrons. The second-order valence-electron chi connectivity index (χ2n) is 3.86. The molecule has 0 amide bonds. The number of aromatic amines is 1. The van der Waals surface area contributed by atoms with Crippen LogP contribution in [0, 0.1) is 0 Å². The maximum absolute atomic E-state index is 11.6. The van der Waals surface area contributed by atoms with Gasteiger partial charge in [0, 0.05) is 6.20 Å². The number of ether oxygens (including phenoxy) is 1. The molecule has 2 heterocycles. The molecule has 0 aromatic carbocycles. The Morgan fingerprint density at radius 1 is 1.41 bits per heavy atom. The van der Waals surface area contributed by atoms with Gasteiger partial charge in [0.2, 0.25) is 0 Å². The molecule has 1 aliphatic rings. The van der Waals surface area contributed by atoms with E-state index in [4.69, 9.17) is 4.74 Å². The van der Waals surface area contributed by atoms with Crippen molar-refractivity contribution >= 4 is 15.9 Å². The van der Waals surface area contributed by atoms with Gasteiger partial charge in [-0.1, -0.05) is 0 Å². The number of H-pyrrole nitrogens is 1. The SMILES string of the molecule is C[C@H]1O[C@@H](n2cc(Br)c(=O)[nH]c2=O)[C@H](O)[C@@H]1O. The van der Waals surface area contributed by atoms with Gasteiger partial charge in [-0.3, -0.25) is 14.3 Å². The lowest BCUT2D eigenvalue weighted by Gasteiger charge is -2.17. The third-order valence-corrected chi connectivity index (χ3v) is 3.24. The number of nitrogens with one attached hydrogen (secondary N) is 1. The summed E-state index contributed by atoms with van der Waals surface area (Å²) in [5.41, 5.74) is -1.27. The molecule has 7 nitrogen and oxygen atoms in total. The van der Waals surface area contributed by atoms with Crippen molar-refractivity contribution in [3.63, 3.8) is 0 Å². The number of aliphatic hydroxyl groups is 2. The first-order valence-electron chi connectivity index (χ1n) is 4.94. The summed E-state index contributed by atoms with van der Waals surface area (Å²) in [7, 11) is 0. The van der Waals surface area contributed by atoms with E-state index in [9.17, 15) is 19.8 Å². The van der Waals surface area contributed by atoms with Gasteiger partial charge < -0.3 is 14.9 Å². The molecule has 0 bridgehead atoms. The van der Waals surface area contributed by atoms with Crippen LogP contribution in [0.1, 0.15) is 13.2 Å². The first-order chi connectivity index (χ1) is 7.91. The number of nitrogens with zero attached hydrogens (tertiary/aromatic N) is 1. The lowest BCUT2D eigenvalue weighted by molar-refractivity contribution is -0.0352. The third kappa shape index (κ3) is 2.08.